The first-order valence-electron chi connectivity index (χ1n) is 11.8. The molecule has 1 aromatic rings. The fourth-order valence-corrected chi connectivity index (χ4v) is 3.36. The van der Waals surface area contributed by atoms with E-state index < -0.39 is 0 Å². The Kier molecular flexibility index (Phi) is 13.6. The molecular formula is C25H36N4O6. The monoisotopic (exact) mass is 488 g/mol. The second-order valence-electron chi connectivity index (χ2n) is 8.22. The highest BCUT2D eigenvalue weighted by Gasteiger charge is 2.13. The number of hydrogen-bond acceptors (Lipinski definition) is 6. The molecule has 0 aliphatic carbocycles. The number of nitrogens with zero attached hydrogens (tertiary/aromatic N) is 2. The van der Waals surface area contributed by atoms with Crippen molar-refractivity contribution in [2.24, 2.45) is 0 Å². The smallest absolute Gasteiger partial charge is 0.251 e. The Bertz CT molecular complexity index is 870. The van der Waals surface area contributed by atoms with Crippen molar-refractivity contribution >= 4 is 35.9 Å². The van der Waals surface area contributed by atoms with Crippen LogP contribution in [0.3, 0.4) is 0 Å². The lowest BCUT2D eigenvalue weighted by atomic mass is 10.1. The lowest BCUT2D eigenvalue weighted by molar-refractivity contribution is -0.142. The van der Waals surface area contributed by atoms with Crippen LogP contribution in [0.15, 0.2) is 24.3 Å². The first kappa shape index (κ1) is 29.5. The summed E-state index contributed by atoms with van der Waals surface area (Å²) in [5, 5.41) is 5.63. The van der Waals surface area contributed by atoms with Crippen LogP contribution >= 0.6 is 0 Å². The Hall–Kier alpha value is -3.56. The Balaban J connectivity index is 2.27. The normalized spacial score (nSPS) is 10.3. The molecule has 10 nitrogen and oxygen atoms in total. The van der Waals surface area contributed by atoms with Crippen molar-refractivity contribution in [3.63, 3.8) is 0 Å². The molecule has 0 saturated carbocycles. The Morgan fingerprint density at radius 3 is 1.46 bits per heavy atom. The summed E-state index contributed by atoms with van der Waals surface area (Å²) in [4.78, 5) is 71.4. The van der Waals surface area contributed by atoms with Crippen LogP contribution in [-0.2, 0) is 19.2 Å². The van der Waals surface area contributed by atoms with Crippen LogP contribution in [0.5, 0.6) is 0 Å². The standard InChI is InChI=1S/C25H36N4O6/c1-19(31)28(18-30)16-8-4-6-14-26-24(34)22-10-12-23(13-11-22)25(35)27-15-7-5-9-17-29(20(2)32)21(3)33/h10-13,18H,4-9,14-17H2,1-3H3,(H,26,34)(H,27,35). The molecule has 0 heterocycles. The number of amides is 6. The van der Waals surface area contributed by atoms with Crippen LogP contribution in [-0.4, -0.2) is 71.9 Å². The van der Waals surface area contributed by atoms with Crippen LogP contribution < -0.4 is 10.6 Å². The van der Waals surface area contributed by atoms with Gasteiger partial charge in [-0.3, -0.25) is 38.6 Å². The highest BCUT2D eigenvalue weighted by molar-refractivity contribution is 5.97. The van der Waals surface area contributed by atoms with Crippen molar-refractivity contribution in [1.82, 2.24) is 20.4 Å². The lowest BCUT2D eigenvalue weighted by Crippen LogP contribution is -2.34. The van der Waals surface area contributed by atoms with Crippen molar-refractivity contribution in [3.05, 3.63) is 35.4 Å². The quantitative estimate of drug-likeness (QED) is 0.286. The van der Waals surface area contributed by atoms with Gasteiger partial charge in [0.05, 0.1) is 0 Å². The highest BCUT2D eigenvalue weighted by atomic mass is 16.2. The van der Waals surface area contributed by atoms with Crippen molar-refractivity contribution in [2.75, 3.05) is 26.2 Å². The minimum absolute atomic E-state index is 0.235. The van der Waals surface area contributed by atoms with E-state index >= 15 is 0 Å². The molecule has 0 aromatic heterocycles. The van der Waals surface area contributed by atoms with Gasteiger partial charge in [-0.05, 0) is 62.8 Å². The van der Waals surface area contributed by atoms with E-state index in [0.29, 0.717) is 56.6 Å². The molecule has 0 aliphatic rings. The predicted octanol–water partition coefficient (Wildman–Crippen LogP) is 1.89. The number of imide groups is 2. The fraction of sp³-hybridized carbons (Fsp3) is 0.520. The van der Waals surface area contributed by atoms with Gasteiger partial charge in [0.15, 0.2) is 0 Å². The summed E-state index contributed by atoms with van der Waals surface area (Å²) in [5.74, 6) is -1.29. The maximum atomic E-state index is 12.3. The first-order chi connectivity index (χ1) is 16.7. The van der Waals surface area contributed by atoms with Gasteiger partial charge < -0.3 is 10.6 Å². The molecule has 0 saturated heterocycles. The molecule has 10 heteroatoms. The molecule has 0 unspecified atom stereocenters. The predicted molar refractivity (Wildman–Crippen MR) is 130 cm³/mol. The summed E-state index contributed by atoms with van der Waals surface area (Å²) in [5.41, 5.74) is 0.900. The molecule has 0 aliphatic heterocycles. The van der Waals surface area contributed by atoms with Gasteiger partial charge in [-0.1, -0.05) is 0 Å². The van der Waals surface area contributed by atoms with E-state index in [1.807, 2.05) is 0 Å². The molecule has 1 rings (SSSR count). The Morgan fingerprint density at radius 2 is 1.09 bits per heavy atom. The molecule has 6 amide bonds. The number of hydrogen-bond donors (Lipinski definition) is 2. The van der Waals surface area contributed by atoms with E-state index in [4.69, 9.17) is 0 Å². The lowest BCUT2D eigenvalue weighted by Gasteiger charge is -2.16. The summed E-state index contributed by atoms with van der Waals surface area (Å²) in [7, 11) is 0. The third-order valence-electron chi connectivity index (χ3n) is 5.41. The number of rotatable bonds is 15. The highest BCUT2D eigenvalue weighted by Crippen LogP contribution is 2.06. The van der Waals surface area contributed by atoms with Gasteiger partial charge in [-0.25, -0.2) is 0 Å². The molecule has 0 atom stereocenters. The summed E-state index contributed by atoms with van der Waals surface area (Å²) < 4.78 is 0. The molecule has 1 aromatic carbocycles. The molecular weight excluding hydrogens is 452 g/mol. The van der Waals surface area contributed by atoms with Gasteiger partial charge in [0.2, 0.25) is 24.1 Å². The summed E-state index contributed by atoms with van der Waals surface area (Å²) in [6, 6.07) is 6.38. The van der Waals surface area contributed by atoms with Crippen LogP contribution in [0.2, 0.25) is 0 Å². The van der Waals surface area contributed by atoms with Crippen molar-refractivity contribution in [2.45, 2.75) is 59.3 Å². The third kappa shape index (κ3) is 11.4. The molecule has 0 radical (unpaired) electrons. The van der Waals surface area contributed by atoms with Crippen LogP contribution in [0.4, 0.5) is 0 Å². The zero-order valence-electron chi connectivity index (χ0n) is 20.8. The number of benzene rings is 1. The largest absolute Gasteiger partial charge is 0.352 e. The molecule has 35 heavy (non-hydrogen) atoms. The van der Waals surface area contributed by atoms with E-state index in [9.17, 15) is 28.8 Å². The second-order valence-corrected chi connectivity index (χ2v) is 8.22. The average Bonchev–Trinajstić information content (AvgIpc) is 2.82. The molecule has 0 bridgehead atoms. The van der Waals surface area contributed by atoms with E-state index in [1.165, 1.54) is 25.7 Å². The van der Waals surface area contributed by atoms with Gasteiger partial charge in [0.1, 0.15) is 0 Å². The maximum Gasteiger partial charge on any atom is 0.251 e. The average molecular weight is 489 g/mol. The summed E-state index contributed by atoms with van der Waals surface area (Å²) in [6.07, 6.45) is 4.85. The number of unbranched alkanes of at least 4 members (excludes halogenated alkanes) is 4. The fourth-order valence-electron chi connectivity index (χ4n) is 3.36. The molecule has 192 valence electrons. The summed E-state index contributed by atoms with van der Waals surface area (Å²) >= 11 is 0. The Labute approximate surface area is 206 Å². The van der Waals surface area contributed by atoms with Gasteiger partial charge in [0.25, 0.3) is 11.8 Å². The number of carbonyl (C=O) groups is 6. The molecule has 2 N–H and O–H groups in total. The minimum Gasteiger partial charge on any atom is -0.352 e. The van der Waals surface area contributed by atoms with Gasteiger partial charge in [0, 0.05) is 58.1 Å². The topological polar surface area (TPSA) is 133 Å². The SMILES string of the molecule is CC(=O)N(C=O)CCCCCNC(=O)c1ccc(C(=O)NCCCCCN(C(C)=O)C(C)=O)cc1. The van der Waals surface area contributed by atoms with Crippen molar-refractivity contribution < 1.29 is 28.8 Å². The van der Waals surface area contributed by atoms with Gasteiger partial charge in [-0.2, -0.15) is 0 Å². The number of carbonyl (C=O) groups excluding carboxylic acids is 6. The van der Waals surface area contributed by atoms with E-state index in [-0.39, 0.29) is 29.5 Å². The zero-order chi connectivity index (χ0) is 26.2. The van der Waals surface area contributed by atoms with Crippen molar-refractivity contribution in [1.29, 1.82) is 0 Å². The molecule has 0 fully saturated rings. The van der Waals surface area contributed by atoms with E-state index in [0.717, 1.165) is 30.6 Å². The van der Waals surface area contributed by atoms with Gasteiger partial charge in [-0.15, -0.1) is 0 Å². The van der Waals surface area contributed by atoms with E-state index in [2.05, 4.69) is 10.6 Å². The molecule has 0 spiro atoms. The van der Waals surface area contributed by atoms with Crippen LogP contribution in [0.25, 0.3) is 0 Å². The summed E-state index contributed by atoms with van der Waals surface area (Å²) in [6.45, 7) is 5.75. The third-order valence-corrected chi connectivity index (χ3v) is 5.41. The van der Waals surface area contributed by atoms with Crippen LogP contribution in [0.1, 0.15) is 80.0 Å². The zero-order valence-corrected chi connectivity index (χ0v) is 20.8. The second kappa shape index (κ2) is 16.1. The van der Waals surface area contributed by atoms with Gasteiger partial charge >= 0.3 is 0 Å². The van der Waals surface area contributed by atoms with E-state index in [1.54, 1.807) is 24.3 Å². The number of nitrogens with one attached hydrogen (secondary N) is 2. The first-order valence-corrected chi connectivity index (χ1v) is 11.8. The van der Waals surface area contributed by atoms with Crippen LogP contribution in [0, 0.1) is 0 Å². The Morgan fingerprint density at radius 1 is 0.657 bits per heavy atom. The minimum atomic E-state index is -0.284. The van der Waals surface area contributed by atoms with Crippen molar-refractivity contribution in [3.8, 4) is 0 Å². The maximum absolute atomic E-state index is 12.3.